The highest BCUT2D eigenvalue weighted by molar-refractivity contribution is 6.31. The van der Waals surface area contributed by atoms with Crippen LogP contribution in [0.15, 0.2) is 48.5 Å². The van der Waals surface area contributed by atoms with Crippen LogP contribution in [0.4, 0.5) is 25.0 Å². The predicted molar refractivity (Wildman–Crippen MR) is 162 cm³/mol. The van der Waals surface area contributed by atoms with Gasteiger partial charge in [-0.3, -0.25) is 14.9 Å². The molecule has 3 amide bonds. The Kier molecular flexibility index (Phi) is 9.14. The van der Waals surface area contributed by atoms with E-state index >= 15 is 0 Å². The summed E-state index contributed by atoms with van der Waals surface area (Å²) in [6.45, 7) is 2.01. The molecule has 3 heterocycles. The monoisotopic (exact) mass is 624 g/mol. The quantitative estimate of drug-likeness (QED) is 0.303. The summed E-state index contributed by atoms with van der Waals surface area (Å²) >= 11 is 5.90. The van der Waals surface area contributed by atoms with Crippen LogP contribution in [-0.2, 0) is 14.3 Å². The lowest BCUT2D eigenvalue weighted by atomic mass is 9.92. The molecule has 0 fully saturated rings. The maximum absolute atomic E-state index is 14.8. The van der Waals surface area contributed by atoms with E-state index in [-0.39, 0.29) is 40.9 Å². The van der Waals surface area contributed by atoms with Gasteiger partial charge in [0.15, 0.2) is 5.82 Å². The number of carbonyl (C=O) groups excluding carboxylic acids is 3. The Morgan fingerprint density at radius 3 is 2.64 bits per heavy atom. The molecule has 3 aromatic rings. The molecule has 0 radical (unpaired) electrons. The Labute approximate surface area is 258 Å². The lowest BCUT2D eigenvalue weighted by Gasteiger charge is -2.35. The van der Waals surface area contributed by atoms with E-state index in [0.29, 0.717) is 53.3 Å². The lowest BCUT2D eigenvalue weighted by Crippen LogP contribution is -2.38. The van der Waals surface area contributed by atoms with Crippen molar-refractivity contribution in [1.82, 2.24) is 9.88 Å². The number of methoxy groups -OCH3 is 2. The first kappa shape index (κ1) is 30.9. The zero-order valence-electron chi connectivity index (χ0n) is 24.4. The lowest BCUT2D eigenvalue weighted by molar-refractivity contribution is -0.129. The molecule has 1 aromatic heterocycles. The number of hydrogen-bond donors (Lipinski definition) is 2. The van der Waals surface area contributed by atoms with E-state index in [9.17, 15) is 23.2 Å². The number of nitrogens with one attached hydrogen (secondary N) is 2. The van der Waals surface area contributed by atoms with E-state index in [2.05, 4.69) is 10.6 Å². The van der Waals surface area contributed by atoms with Crippen LogP contribution in [-0.4, -0.2) is 48.6 Å². The molecular formula is C32H31ClF2N4O5. The first-order valence-electron chi connectivity index (χ1n) is 14.1. The van der Waals surface area contributed by atoms with Gasteiger partial charge in [0, 0.05) is 35.9 Å². The second-order valence-corrected chi connectivity index (χ2v) is 11.1. The SMILES string of the molecule is COC(=O)Nc1ccc2c(c1)NC(=O)[C@H](C)CCC[C@H](N1CCC(c3c(F)ccc(Cl)c3F)=CC1=O)c1cc-2cc(OC)n1. The zero-order chi connectivity index (χ0) is 31.5. The molecule has 2 aliphatic rings. The van der Waals surface area contributed by atoms with Crippen molar-refractivity contribution in [2.45, 2.75) is 38.6 Å². The third-order valence-electron chi connectivity index (χ3n) is 7.90. The van der Waals surface area contributed by atoms with Crippen LogP contribution in [0.25, 0.3) is 16.7 Å². The standard InChI is InChI=1S/C32H31ClF2N4O5/c1-17-5-4-6-26(39-12-11-18(15-28(39)40)29-23(34)10-9-22(33)30(29)35)25-13-19(14-27(37-25)43-2)21-8-7-20(36-32(42)44-3)16-24(21)38-31(17)41/h7-10,13-17,26H,4-6,11-12H2,1-3H3,(H,36,42)(H,38,41)/t17-,26+/m1/s1. The van der Waals surface area contributed by atoms with Crippen molar-refractivity contribution in [1.29, 1.82) is 0 Å². The first-order chi connectivity index (χ1) is 21.1. The number of rotatable bonds is 4. The molecule has 0 saturated carbocycles. The number of fused-ring (bicyclic) bond motifs is 4. The van der Waals surface area contributed by atoms with E-state index in [4.69, 9.17) is 26.1 Å². The van der Waals surface area contributed by atoms with Crippen LogP contribution in [0.3, 0.4) is 0 Å². The number of halogens is 3. The van der Waals surface area contributed by atoms with Crippen molar-refractivity contribution in [2.75, 3.05) is 31.4 Å². The minimum atomic E-state index is -0.903. The second-order valence-electron chi connectivity index (χ2n) is 10.7. The number of anilines is 2. The van der Waals surface area contributed by atoms with E-state index < -0.39 is 29.7 Å². The van der Waals surface area contributed by atoms with Gasteiger partial charge >= 0.3 is 6.09 Å². The van der Waals surface area contributed by atoms with Crippen LogP contribution in [0, 0.1) is 17.6 Å². The molecule has 0 aliphatic carbocycles. The molecule has 0 unspecified atom stereocenters. The third-order valence-corrected chi connectivity index (χ3v) is 8.19. The van der Waals surface area contributed by atoms with Crippen LogP contribution in [0.1, 0.15) is 49.9 Å². The summed E-state index contributed by atoms with van der Waals surface area (Å²) in [7, 11) is 2.74. The normalized spacial score (nSPS) is 18.7. The molecule has 2 N–H and O–H groups in total. The minimum absolute atomic E-state index is 0.185. The zero-order valence-corrected chi connectivity index (χ0v) is 25.1. The Morgan fingerprint density at radius 1 is 1.11 bits per heavy atom. The van der Waals surface area contributed by atoms with Crippen LogP contribution in [0.2, 0.25) is 5.02 Å². The van der Waals surface area contributed by atoms with Gasteiger partial charge < -0.3 is 19.7 Å². The fourth-order valence-corrected chi connectivity index (χ4v) is 5.71. The molecule has 2 aliphatic heterocycles. The van der Waals surface area contributed by atoms with Crippen molar-refractivity contribution in [3.63, 3.8) is 0 Å². The number of hydrogen-bond acceptors (Lipinski definition) is 6. The maximum atomic E-state index is 14.8. The molecule has 12 heteroatoms. The topological polar surface area (TPSA) is 110 Å². The van der Waals surface area contributed by atoms with Crippen molar-refractivity contribution < 1.29 is 32.6 Å². The average Bonchev–Trinajstić information content (AvgIpc) is 3.01. The smallest absolute Gasteiger partial charge is 0.411 e. The van der Waals surface area contributed by atoms with Gasteiger partial charge in [-0.2, -0.15) is 0 Å². The molecular weight excluding hydrogens is 594 g/mol. The Hall–Kier alpha value is -4.51. The van der Waals surface area contributed by atoms with Gasteiger partial charge in [-0.05, 0) is 60.7 Å². The number of nitrogens with zero attached hydrogens (tertiary/aromatic N) is 2. The fraction of sp³-hybridized carbons (Fsp3) is 0.312. The fourth-order valence-electron chi connectivity index (χ4n) is 5.55. The highest BCUT2D eigenvalue weighted by Crippen LogP contribution is 2.39. The molecule has 44 heavy (non-hydrogen) atoms. The van der Waals surface area contributed by atoms with Gasteiger partial charge in [-0.25, -0.2) is 18.6 Å². The summed E-state index contributed by atoms with van der Waals surface area (Å²) in [4.78, 5) is 45.0. The Bertz CT molecular complexity index is 1660. The molecule has 230 valence electrons. The van der Waals surface area contributed by atoms with Crippen LogP contribution >= 0.6 is 11.6 Å². The van der Waals surface area contributed by atoms with Crippen molar-refractivity contribution in [2.24, 2.45) is 5.92 Å². The number of carbonyl (C=O) groups is 3. The van der Waals surface area contributed by atoms with Gasteiger partial charge in [0.25, 0.3) is 0 Å². The largest absolute Gasteiger partial charge is 0.481 e. The van der Waals surface area contributed by atoms with Crippen LogP contribution < -0.4 is 15.4 Å². The summed E-state index contributed by atoms with van der Waals surface area (Å²) in [5.74, 6) is -2.38. The van der Waals surface area contributed by atoms with Crippen molar-refractivity contribution in [3.05, 3.63) is 76.5 Å². The van der Waals surface area contributed by atoms with E-state index in [1.165, 1.54) is 20.3 Å². The molecule has 2 atom stereocenters. The van der Waals surface area contributed by atoms with Gasteiger partial charge in [0.1, 0.15) is 5.82 Å². The number of amides is 3. The first-order valence-corrected chi connectivity index (χ1v) is 14.5. The molecule has 5 rings (SSSR count). The Balaban J connectivity index is 1.58. The van der Waals surface area contributed by atoms with Gasteiger partial charge in [0.05, 0.1) is 42.2 Å². The summed E-state index contributed by atoms with van der Waals surface area (Å²) in [6, 6.07) is 10.3. The summed E-state index contributed by atoms with van der Waals surface area (Å²) < 4.78 is 39.6. The van der Waals surface area contributed by atoms with Crippen LogP contribution in [0.5, 0.6) is 5.88 Å². The highest BCUT2D eigenvalue weighted by Gasteiger charge is 2.32. The Morgan fingerprint density at radius 2 is 1.91 bits per heavy atom. The maximum Gasteiger partial charge on any atom is 0.411 e. The third kappa shape index (κ3) is 6.37. The summed E-state index contributed by atoms with van der Waals surface area (Å²) in [6.07, 6.45) is 2.39. The predicted octanol–water partition coefficient (Wildman–Crippen LogP) is 6.98. The number of aromatic nitrogens is 1. The van der Waals surface area contributed by atoms with Gasteiger partial charge in [-0.15, -0.1) is 0 Å². The molecule has 9 nitrogen and oxygen atoms in total. The summed E-state index contributed by atoms with van der Waals surface area (Å²) in [5.41, 5.74) is 2.67. The summed E-state index contributed by atoms with van der Waals surface area (Å²) in [5, 5.41) is 5.37. The van der Waals surface area contributed by atoms with Gasteiger partial charge in [-0.1, -0.05) is 31.0 Å². The number of ether oxygens (including phenoxy) is 2. The second kappa shape index (κ2) is 13.0. The molecule has 2 bridgehead atoms. The van der Waals surface area contributed by atoms with Gasteiger partial charge in [0.2, 0.25) is 17.7 Å². The van der Waals surface area contributed by atoms with Crippen molar-refractivity contribution >= 4 is 46.5 Å². The van der Waals surface area contributed by atoms with Crippen molar-refractivity contribution in [3.8, 4) is 17.0 Å². The average molecular weight is 625 g/mol. The van der Waals surface area contributed by atoms with E-state index in [1.807, 2.05) is 13.0 Å². The number of pyridine rings is 1. The van der Waals surface area contributed by atoms with E-state index in [1.54, 1.807) is 29.2 Å². The molecule has 0 saturated heterocycles. The highest BCUT2D eigenvalue weighted by atomic mass is 35.5. The van der Waals surface area contributed by atoms with E-state index in [0.717, 1.165) is 12.1 Å². The molecule has 0 spiro atoms. The number of benzene rings is 2. The molecule has 2 aromatic carbocycles. The minimum Gasteiger partial charge on any atom is -0.481 e.